The summed E-state index contributed by atoms with van der Waals surface area (Å²) < 4.78 is 5.21. The molecule has 13 heavy (non-hydrogen) atoms. The van der Waals surface area contributed by atoms with Gasteiger partial charge >= 0.3 is 0 Å². The van der Waals surface area contributed by atoms with E-state index in [1.54, 1.807) is 6.26 Å². The Labute approximate surface area is 92.4 Å². The van der Waals surface area contributed by atoms with Crippen molar-refractivity contribution in [3.8, 4) is 0 Å². The first-order valence-electron chi connectivity index (χ1n) is 4.57. The maximum Gasteiger partial charge on any atom is 0.114 e. The Morgan fingerprint density at radius 1 is 1.38 bits per heavy atom. The number of hydrogen-bond acceptors (Lipinski definition) is 2. The van der Waals surface area contributed by atoms with E-state index in [0.29, 0.717) is 0 Å². The molecule has 0 aromatic carbocycles. The monoisotopic (exact) mass is 262 g/mol. The largest absolute Gasteiger partial charge is 0.468 e. The Bertz CT molecular complexity index is 235. The number of hydrogen-bond donors (Lipinski definition) is 0. The van der Waals surface area contributed by atoms with Gasteiger partial charge in [0.25, 0.3) is 0 Å². The predicted octanol–water partition coefficient (Wildman–Crippen LogP) is 4.25. The van der Waals surface area contributed by atoms with Crippen LogP contribution in [0.3, 0.4) is 0 Å². The molecule has 0 fully saturated rings. The maximum atomic E-state index is 5.21. The Hall–Kier alpha value is 0.110. The van der Waals surface area contributed by atoms with Crippen LogP contribution >= 0.6 is 27.7 Å². The highest BCUT2D eigenvalue weighted by Gasteiger charge is 2.00. The van der Waals surface area contributed by atoms with Crippen molar-refractivity contribution in [1.82, 2.24) is 0 Å². The van der Waals surface area contributed by atoms with Crippen LogP contribution in [0, 0.1) is 6.92 Å². The van der Waals surface area contributed by atoms with Crippen LogP contribution in [-0.4, -0.2) is 11.1 Å². The van der Waals surface area contributed by atoms with E-state index in [1.807, 2.05) is 24.8 Å². The summed E-state index contributed by atoms with van der Waals surface area (Å²) in [6.45, 7) is 2.01. The average Bonchev–Trinajstić information content (AvgIpc) is 2.52. The summed E-state index contributed by atoms with van der Waals surface area (Å²) >= 11 is 5.33. The van der Waals surface area contributed by atoms with E-state index >= 15 is 0 Å². The lowest BCUT2D eigenvalue weighted by Crippen LogP contribution is -1.82. The lowest BCUT2D eigenvalue weighted by atomic mass is 10.3. The molecule has 0 amide bonds. The number of thioether (sulfide) groups is 1. The molecule has 0 spiro atoms. The topological polar surface area (TPSA) is 13.1 Å². The second-order valence-corrected chi connectivity index (χ2v) is 4.87. The summed E-state index contributed by atoms with van der Waals surface area (Å²) in [5, 5.41) is 1.13. The number of furan rings is 1. The molecule has 1 heterocycles. The second kappa shape index (κ2) is 6.55. The molecule has 0 radical (unpaired) electrons. The van der Waals surface area contributed by atoms with Gasteiger partial charge in [-0.25, -0.2) is 0 Å². The van der Waals surface area contributed by atoms with Crippen molar-refractivity contribution < 1.29 is 4.42 Å². The van der Waals surface area contributed by atoms with Crippen molar-refractivity contribution in [3.63, 3.8) is 0 Å². The third kappa shape index (κ3) is 4.23. The first kappa shape index (κ1) is 11.2. The van der Waals surface area contributed by atoms with Crippen LogP contribution in [0.25, 0.3) is 0 Å². The van der Waals surface area contributed by atoms with Gasteiger partial charge in [-0.15, -0.1) is 11.8 Å². The first-order valence-corrected chi connectivity index (χ1v) is 6.68. The molecule has 0 aliphatic heterocycles. The van der Waals surface area contributed by atoms with Crippen LogP contribution in [0.2, 0.25) is 0 Å². The van der Waals surface area contributed by atoms with Crippen molar-refractivity contribution in [2.75, 3.05) is 11.1 Å². The molecule has 1 aromatic heterocycles. The van der Waals surface area contributed by atoms with E-state index in [2.05, 4.69) is 15.9 Å². The second-order valence-electron chi connectivity index (χ2n) is 2.94. The SMILES string of the molecule is Cc1occc1SCCCCCBr. The van der Waals surface area contributed by atoms with Gasteiger partial charge in [0.15, 0.2) is 0 Å². The molecule has 74 valence electrons. The van der Waals surface area contributed by atoms with Crippen LogP contribution in [0.1, 0.15) is 25.0 Å². The summed E-state index contributed by atoms with van der Waals surface area (Å²) in [6.07, 6.45) is 5.65. The number of alkyl halides is 1. The third-order valence-electron chi connectivity index (χ3n) is 1.85. The van der Waals surface area contributed by atoms with Gasteiger partial charge in [-0.1, -0.05) is 22.4 Å². The van der Waals surface area contributed by atoms with Crippen LogP contribution in [0.5, 0.6) is 0 Å². The van der Waals surface area contributed by atoms with Gasteiger partial charge in [0.05, 0.1) is 6.26 Å². The minimum absolute atomic E-state index is 1.05. The van der Waals surface area contributed by atoms with Gasteiger partial charge < -0.3 is 4.42 Å². The van der Waals surface area contributed by atoms with E-state index < -0.39 is 0 Å². The smallest absolute Gasteiger partial charge is 0.114 e. The van der Waals surface area contributed by atoms with Crippen LogP contribution in [0.4, 0.5) is 0 Å². The Kier molecular flexibility index (Phi) is 5.63. The van der Waals surface area contributed by atoms with E-state index in [1.165, 1.54) is 29.9 Å². The first-order chi connectivity index (χ1) is 6.34. The molecular formula is C10H15BrOS. The fourth-order valence-corrected chi connectivity index (χ4v) is 2.45. The quantitative estimate of drug-likeness (QED) is 0.432. The van der Waals surface area contributed by atoms with Crippen molar-refractivity contribution >= 4 is 27.7 Å². The highest BCUT2D eigenvalue weighted by molar-refractivity contribution is 9.09. The van der Waals surface area contributed by atoms with Gasteiger partial charge in [-0.05, 0) is 31.6 Å². The molecular weight excluding hydrogens is 248 g/mol. The molecule has 3 heteroatoms. The molecule has 0 bridgehead atoms. The number of unbranched alkanes of at least 4 members (excludes halogenated alkanes) is 2. The van der Waals surface area contributed by atoms with Gasteiger partial charge in [-0.3, -0.25) is 0 Å². The zero-order valence-corrected chi connectivity index (χ0v) is 10.3. The fourth-order valence-electron chi connectivity index (χ4n) is 1.08. The number of aryl methyl sites for hydroxylation is 1. The lowest BCUT2D eigenvalue weighted by molar-refractivity contribution is 0.527. The van der Waals surface area contributed by atoms with Crippen LogP contribution in [0.15, 0.2) is 21.6 Å². The van der Waals surface area contributed by atoms with Gasteiger partial charge in [0, 0.05) is 10.2 Å². The summed E-state index contributed by atoms with van der Waals surface area (Å²) in [4.78, 5) is 1.29. The van der Waals surface area contributed by atoms with Gasteiger partial charge in [-0.2, -0.15) is 0 Å². The number of halogens is 1. The van der Waals surface area contributed by atoms with Crippen molar-refractivity contribution in [3.05, 3.63) is 18.1 Å². The summed E-state index contributed by atoms with van der Waals surface area (Å²) in [5.41, 5.74) is 0. The highest BCUT2D eigenvalue weighted by atomic mass is 79.9. The summed E-state index contributed by atoms with van der Waals surface area (Å²) in [6, 6.07) is 2.05. The predicted molar refractivity (Wildman–Crippen MR) is 61.8 cm³/mol. The zero-order valence-electron chi connectivity index (χ0n) is 7.88. The molecule has 0 N–H and O–H groups in total. The molecule has 0 saturated heterocycles. The minimum Gasteiger partial charge on any atom is -0.468 e. The fraction of sp³-hybridized carbons (Fsp3) is 0.600. The maximum absolute atomic E-state index is 5.21. The van der Waals surface area contributed by atoms with E-state index in [-0.39, 0.29) is 0 Å². The molecule has 0 aliphatic rings. The van der Waals surface area contributed by atoms with Gasteiger partial charge in [0.2, 0.25) is 0 Å². The molecule has 1 aromatic rings. The van der Waals surface area contributed by atoms with Crippen molar-refractivity contribution in [1.29, 1.82) is 0 Å². The Morgan fingerprint density at radius 3 is 2.85 bits per heavy atom. The van der Waals surface area contributed by atoms with Crippen LogP contribution < -0.4 is 0 Å². The van der Waals surface area contributed by atoms with Crippen molar-refractivity contribution in [2.45, 2.75) is 31.1 Å². The normalized spacial score (nSPS) is 10.6. The van der Waals surface area contributed by atoms with E-state index in [9.17, 15) is 0 Å². The Balaban J connectivity index is 2.10. The standard InChI is InChI=1S/C10H15BrOS/c1-9-10(5-7-12-9)13-8-4-2-3-6-11/h5,7H,2-4,6,8H2,1H3. The molecule has 0 aliphatic carbocycles. The summed E-state index contributed by atoms with van der Waals surface area (Å²) in [7, 11) is 0. The minimum atomic E-state index is 1.05. The number of rotatable bonds is 6. The summed E-state index contributed by atoms with van der Waals surface area (Å²) in [5.74, 6) is 2.25. The van der Waals surface area contributed by atoms with E-state index in [0.717, 1.165) is 11.1 Å². The van der Waals surface area contributed by atoms with Gasteiger partial charge in [0.1, 0.15) is 5.76 Å². The third-order valence-corrected chi connectivity index (χ3v) is 3.63. The molecule has 0 atom stereocenters. The van der Waals surface area contributed by atoms with Crippen molar-refractivity contribution in [2.24, 2.45) is 0 Å². The lowest BCUT2D eigenvalue weighted by Gasteiger charge is -1.98. The highest BCUT2D eigenvalue weighted by Crippen LogP contribution is 2.24. The average molecular weight is 263 g/mol. The molecule has 0 unspecified atom stereocenters. The van der Waals surface area contributed by atoms with Crippen LogP contribution in [-0.2, 0) is 0 Å². The molecule has 0 saturated carbocycles. The molecule has 1 nitrogen and oxygen atoms in total. The zero-order chi connectivity index (χ0) is 9.52. The Morgan fingerprint density at radius 2 is 2.23 bits per heavy atom. The van der Waals surface area contributed by atoms with E-state index in [4.69, 9.17) is 4.42 Å². The molecule has 1 rings (SSSR count).